The van der Waals surface area contributed by atoms with Crippen molar-refractivity contribution in [2.24, 2.45) is 4.99 Å². The predicted molar refractivity (Wildman–Crippen MR) is 122 cm³/mol. The van der Waals surface area contributed by atoms with E-state index in [1.54, 1.807) is 29.2 Å². The summed E-state index contributed by atoms with van der Waals surface area (Å²) in [5, 5.41) is 0. The van der Waals surface area contributed by atoms with Crippen LogP contribution in [0.5, 0.6) is 11.5 Å². The molecule has 0 aromatic heterocycles. The molecule has 0 aliphatic carbocycles. The molecule has 4 rings (SSSR count). The van der Waals surface area contributed by atoms with Crippen molar-refractivity contribution in [1.29, 1.82) is 0 Å². The number of methoxy groups -OCH3 is 1. The zero-order chi connectivity index (χ0) is 23.4. The van der Waals surface area contributed by atoms with Gasteiger partial charge in [0.05, 0.1) is 20.3 Å². The fourth-order valence-corrected chi connectivity index (χ4v) is 3.50. The molecule has 0 radical (unpaired) electrons. The van der Waals surface area contributed by atoms with E-state index >= 15 is 0 Å². The largest absolute Gasteiger partial charge is 0.493 e. The summed E-state index contributed by atoms with van der Waals surface area (Å²) in [6, 6.07) is 11.0. The number of carbonyl (C=O) groups is 2. The molecule has 8 heteroatoms. The van der Waals surface area contributed by atoms with Crippen molar-refractivity contribution in [1.82, 2.24) is 4.90 Å². The van der Waals surface area contributed by atoms with E-state index in [1.165, 1.54) is 7.11 Å². The van der Waals surface area contributed by atoms with Gasteiger partial charge in [-0.2, -0.15) is 0 Å². The molecular formula is C25H26N2O6. The third kappa shape index (κ3) is 5.23. The number of ether oxygens (including phenoxy) is 4. The van der Waals surface area contributed by atoms with Crippen molar-refractivity contribution in [3.8, 4) is 11.5 Å². The third-order valence-corrected chi connectivity index (χ3v) is 5.58. The first-order valence-electron chi connectivity index (χ1n) is 10.7. The van der Waals surface area contributed by atoms with Crippen LogP contribution in [-0.4, -0.2) is 62.7 Å². The van der Waals surface area contributed by atoms with Gasteiger partial charge < -0.3 is 23.8 Å². The van der Waals surface area contributed by atoms with E-state index in [0.717, 1.165) is 16.7 Å². The van der Waals surface area contributed by atoms with Crippen LogP contribution in [0.3, 0.4) is 0 Å². The standard InChI is InChI=1S/C25H26N2O6/c1-16-4-6-19(12-17(16)2)24-26-20(25(29)33-24)13-18-5-7-21(22(14-18)30-3)32-15-23(28)27-8-10-31-11-9-27/h4-7,12-14H,8-11,15H2,1-3H3/b20-13+. The molecule has 1 fully saturated rings. The van der Waals surface area contributed by atoms with Crippen LogP contribution in [0.2, 0.25) is 0 Å². The second-order valence-electron chi connectivity index (χ2n) is 7.83. The lowest BCUT2D eigenvalue weighted by atomic mass is 10.1. The van der Waals surface area contributed by atoms with Gasteiger partial charge in [-0.25, -0.2) is 9.79 Å². The molecule has 1 saturated heterocycles. The number of cyclic esters (lactones) is 1. The zero-order valence-electron chi connectivity index (χ0n) is 18.9. The summed E-state index contributed by atoms with van der Waals surface area (Å²) in [5.41, 5.74) is 3.88. The van der Waals surface area contributed by atoms with Crippen molar-refractivity contribution in [2.45, 2.75) is 13.8 Å². The Hall–Kier alpha value is -3.65. The first kappa shape index (κ1) is 22.5. The molecule has 0 spiro atoms. The molecule has 0 N–H and O–H groups in total. The van der Waals surface area contributed by atoms with Crippen LogP contribution in [0, 0.1) is 13.8 Å². The number of morpholine rings is 1. The highest BCUT2D eigenvalue weighted by Gasteiger charge is 2.24. The minimum Gasteiger partial charge on any atom is -0.493 e. The fraction of sp³-hybridized carbons (Fsp3) is 0.320. The number of esters is 1. The molecule has 0 atom stereocenters. The fourth-order valence-electron chi connectivity index (χ4n) is 3.50. The molecule has 2 aliphatic heterocycles. The van der Waals surface area contributed by atoms with Gasteiger partial charge in [-0.1, -0.05) is 12.1 Å². The second-order valence-corrected chi connectivity index (χ2v) is 7.83. The van der Waals surface area contributed by atoms with E-state index in [9.17, 15) is 9.59 Å². The van der Waals surface area contributed by atoms with Gasteiger partial charge in [-0.3, -0.25) is 4.79 Å². The molecule has 2 aromatic rings. The number of amides is 1. The van der Waals surface area contributed by atoms with Gasteiger partial charge in [0, 0.05) is 18.7 Å². The first-order chi connectivity index (χ1) is 15.9. The lowest BCUT2D eigenvalue weighted by Crippen LogP contribution is -2.43. The molecule has 2 aromatic carbocycles. The molecule has 2 heterocycles. The number of rotatable bonds is 6. The smallest absolute Gasteiger partial charge is 0.363 e. The number of nitrogens with zero attached hydrogens (tertiary/aromatic N) is 2. The SMILES string of the molecule is COc1cc(/C=C2/N=C(c3ccc(C)c(C)c3)OC2=O)ccc1OCC(=O)N1CCOCC1. The van der Waals surface area contributed by atoms with Crippen molar-refractivity contribution < 1.29 is 28.5 Å². The molecule has 33 heavy (non-hydrogen) atoms. The van der Waals surface area contributed by atoms with Crippen molar-refractivity contribution in [2.75, 3.05) is 40.0 Å². The Labute approximate surface area is 192 Å². The van der Waals surface area contributed by atoms with E-state index in [0.29, 0.717) is 43.4 Å². The van der Waals surface area contributed by atoms with Gasteiger partial charge >= 0.3 is 5.97 Å². The molecule has 0 saturated carbocycles. The van der Waals surface area contributed by atoms with Crippen LogP contribution < -0.4 is 9.47 Å². The van der Waals surface area contributed by atoms with Gasteiger partial charge in [0.25, 0.3) is 5.91 Å². The zero-order valence-corrected chi connectivity index (χ0v) is 18.9. The third-order valence-electron chi connectivity index (χ3n) is 5.58. The molecule has 0 unspecified atom stereocenters. The van der Waals surface area contributed by atoms with Gasteiger partial charge in [-0.15, -0.1) is 0 Å². The topological polar surface area (TPSA) is 86.7 Å². The number of aryl methyl sites for hydroxylation is 2. The highest BCUT2D eigenvalue weighted by atomic mass is 16.6. The summed E-state index contributed by atoms with van der Waals surface area (Å²) in [7, 11) is 1.52. The lowest BCUT2D eigenvalue weighted by Gasteiger charge is -2.26. The van der Waals surface area contributed by atoms with E-state index in [4.69, 9.17) is 18.9 Å². The van der Waals surface area contributed by atoms with Crippen LogP contribution in [-0.2, 0) is 19.1 Å². The van der Waals surface area contributed by atoms with E-state index in [-0.39, 0.29) is 24.1 Å². The monoisotopic (exact) mass is 450 g/mol. The maximum Gasteiger partial charge on any atom is 0.363 e. The van der Waals surface area contributed by atoms with Crippen molar-refractivity contribution in [3.63, 3.8) is 0 Å². The van der Waals surface area contributed by atoms with Crippen LogP contribution in [0.15, 0.2) is 47.1 Å². The Morgan fingerprint density at radius 3 is 2.61 bits per heavy atom. The molecule has 0 bridgehead atoms. The highest BCUT2D eigenvalue weighted by Crippen LogP contribution is 2.30. The van der Waals surface area contributed by atoms with E-state index in [1.807, 2.05) is 32.0 Å². The van der Waals surface area contributed by atoms with E-state index < -0.39 is 5.97 Å². The summed E-state index contributed by atoms with van der Waals surface area (Å²) in [4.78, 5) is 30.8. The summed E-state index contributed by atoms with van der Waals surface area (Å²) in [6.07, 6.45) is 1.63. The number of benzene rings is 2. The molecule has 8 nitrogen and oxygen atoms in total. The molecule has 2 aliphatic rings. The first-order valence-corrected chi connectivity index (χ1v) is 10.7. The summed E-state index contributed by atoms with van der Waals surface area (Å²) < 4.78 is 21.7. The Kier molecular flexibility index (Phi) is 6.74. The van der Waals surface area contributed by atoms with Gasteiger partial charge in [0.1, 0.15) is 0 Å². The summed E-state index contributed by atoms with van der Waals surface area (Å²) in [6.45, 7) is 6.12. The molecule has 1 amide bonds. The Bertz CT molecular complexity index is 1130. The second kappa shape index (κ2) is 9.87. The van der Waals surface area contributed by atoms with Crippen molar-refractivity contribution >= 4 is 23.9 Å². The average Bonchev–Trinajstić information content (AvgIpc) is 3.20. The van der Waals surface area contributed by atoms with Crippen LogP contribution in [0.4, 0.5) is 0 Å². The maximum atomic E-state index is 12.4. The van der Waals surface area contributed by atoms with E-state index in [2.05, 4.69) is 4.99 Å². The Balaban J connectivity index is 1.48. The average molecular weight is 450 g/mol. The normalized spacial score (nSPS) is 17.1. The van der Waals surface area contributed by atoms with Crippen LogP contribution >= 0.6 is 0 Å². The van der Waals surface area contributed by atoms with Crippen molar-refractivity contribution in [3.05, 3.63) is 64.3 Å². The number of hydrogen-bond donors (Lipinski definition) is 0. The summed E-state index contributed by atoms with van der Waals surface area (Å²) in [5.74, 6) is 0.549. The molecule has 172 valence electrons. The number of hydrogen-bond acceptors (Lipinski definition) is 7. The van der Waals surface area contributed by atoms with Gasteiger partial charge in [0.15, 0.2) is 23.8 Å². The number of aliphatic imine (C=N–C) groups is 1. The van der Waals surface area contributed by atoms with Crippen LogP contribution in [0.1, 0.15) is 22.3 Å². The Morgan fingerprint density at radius 2 is 1.88 bits per heavy atom. The molecular weight excluding hydrogens is 424 g/mol. The van der Waals surface area contributed by atoms with Gasteiger partial charge in [0.2, 0.25) is 5.90 Å². The van der Waals surface area contributed by atoms with Gasteiger partial charge in [-0.05, 0) is 60.9 Å². The minimum absolute atomic E-state index is 0.0905. The lowest BCUT2D eigenvalue weighted by molar-refractivity contribution is -0.137. The van der Waals surface area contributed by atoms with Crippen LogP contribution in [0.25, 0.3) is 6.08 Å². The summed E-state index contributed by atoms with van der Waals surface area (Å²) >= 11 is 0. The maximum absolute atomic E-state index is 12.4. The minimum atomic E-state index is -0.515. The quantitative estimate of drug-likeness (QED) is 0.497. The Morgan fingerprint density at radius 1 is 1.09 bits per heavy atom. The highest BCUT2D eigenvalue weighted by molar-refractivity contribution is 6.12. The number of carbonyl (C=O) groups excluding carboxylic acids is 2. The predicted octanol–water partition coefficient (Wildman–Crippen LogP) is 2.89.